The highest BCUT2D eigenvalue weighted by molar-refractivity contribution is 5.82. The van der Waals surface area contributed by atoms with Crippen molar-refractivity contribution in [1.82, 2.24) is 9.80 Å². The highest BCUT2D eigenvalue weighted by Crippen LogP contribution is 2.49. The summed E-state index contributed by atoms with van der Waals surface area (Å²) in [6, 6.07) is 12.5. The Kier molecular flexibility index (Phi) is 7.15. The highest BCUT2D eigenvalue weighted by Gasteiger charge is 2.53. The second kappa shape index (κ2) is 10.5. The zero-order valence-corrected chi connectivity index (χ0v) is 21.5. The summed E-state index contributed by atoms with van der Waals surface area (Å²) in [4.78, 5) is 29.7. The summed E-state index contributed by atoms with van der Waals surface area (Å²) in [6.07, 6.45) is 0.750. The molecule has 198 valence electrons. The molecule has 9 heteroatoms. The number of methoxy groups -OCH3 is 1. The number of benzene rings is 2. The summed E-state index contributed by atoms with van der Waals surface area (Å²) in [5, 5.41) is 9.77. The zero-order valence-electron chi connectivity index (χ0n) is 21.5. The highest BCUT2D eigenvalue weighted by atomic mass is 16.7. The molecule has 2 aliphatic heterocycles. The molecule has 3 aliphatic rings. The first-order valence-electron chi connectivity index (χ1n) is 12.8. The van der Waals surface area contributed by atoms with E-state index in [2.05, 4.69) is 11.8 Å². The normalized spacial score (nSPS) is 23.5. The number of amides is 1. The topological polar surface area (TPSA) is 97.8 Å². The van der Waals surface area contributed by atoms with Gasteiger partial charge >= 0.3 is 6.16 Å². The molecule has 0 radical (unpaired) electrons. The molecule has 1 amide bonds. The molecular weight excluding hydrogens is 476 g/mol. The summed E-state index contributed by atoms with van der Waals surface area (Å²) in [5.74, 6) is 1.99. The van der Waals surface area contributed by atoms with Gasteiger partial charge in [0.2, 0.25) is 12.7 Å². The lowest BCUT2D eigenvalue weighted by Crippen LogP contribution is -2.49. The Balaban J connectivity index is 1.58. The average Bonchev–Trinajstić information content (AvgIpc) is 3.50. The Morgan fingerprint density at radius 1 is 1.11 bits per heavy atom. The van der Waals surface area contributed by atoms with Crippen molar-refractivity contribution in [3.05, 3.63) is 53.6 Å². The van der Waals surface area contributed by atoms with Gasteiger partial charge in [0.1, 0.15) is 11.9 Å². The van der Waals surface area contributed by atoms with Crippen LogP contribution >= 0.6 is 0 Å². The Bertz CT molecular complexity index is 1130. The van der Waals surface area contributed by atoms with Gasteiger partial charge in [0, 0.05) is 26.1 Å². The van der Waals surface area contributed by atoms with Gasteiger partial charge in [-0.3, -0.25) is 9.69 Å². The number of hydrogen-bond donors (Lipinski definition) is 1. The van der Waals surface area contributed by atoms with Crippen LogP contribution in [0.4, 0.5) is 4.79 Å². The van der Waals surface area contributed by atoms with Gasteiger partial charge in [-0.2, -0.15) is 0 Å². The van der Waals surface area contributed by atoms with Crippen LogP contribution < -0.4 is 14.2 Å². The van der Waals surface area contributed by atoms with Gasteiger partial charge in [-0.1, -0.05) is 25.1 Å². The summed E-state index contributed by atoms with van der Waals surface area (Å²) in [6.45, 7) is 3.35. The lowest BCUT2D eigenvalue weighted by atomic mass is 9.90. The molecule has 0 bridgehead atoms. The van der Waals surface area contributed by atoms with Gasteiger partial charge in [-0.05, 0) is 60.6 Å². The van der Waals surface area contributed by atoms with E-state index in [4.69, 9.17) is 18.9 Å². The molecule has 0 spiro atoms. The van der Waals surface area contributed by atoms with E-state index in [9.17, 15) is 14.7 Å². The number of carboxylic acid groups (broad SMARTS) is 1. The first-order valence-corrected chi connectivity index (χ1v) is 12.8. The number of hydrogen-bond acceptors (Lipinski definition) is 7. The van der Waals surface area contributed by atoms with Crippen molar-refractivity contribution in [2.24, 2.45) is 5.92 Å². The van der Waals surface area contributed by atoms with Crippen molar-refractivity contribution in [3.8, 4) is 17.2 Å². The Hall–Kier alpha value is -3.46. The quantitative estimate of drug-likeness (QED) is 0.500. The van der Waals surface area contributed by atoms with Crippen LogP contribution in [0.1, 0.15) is 49.3 Å². The molecule has 2 aromatic rings. The summed E-state index contributed by atoms with van der Waals surface area (Å²) in [5.41, 5.74) is 1.77. The maximum absolute atomic E-state index is 13.8. The van der Waals surface area contributed by atoms with Crippen LogP contribution in [0.25, 0.3) is 0 Å². The molecule has 5 rings (SSSR count). The summed E-state index contributed by atoms with van der Waals surface area (Å²) >= 11 is 0. The third-order valence-corrected chi connectivity index (χ3v) is 7.61. The van der Waals surface area contributed by atoms with Gasteiger partial charge in [-0.25, -0.2) is 4.79 Å². The van der Waals surface area contributed by atoms with E-state index in [0.717, 1.165) is 30.4 Å². The van der Waals surface area contributed by atoms with Crippen LogP contribution in [0.2, 0.25) is 0 Å². The second-order valence-corrected chi connectivity index (χ2v) is 10.0. The van der Waals surface area contributed by atoms with Crippen LogP contribution in [-0.2, 0) is 9.53 Å². The number of rotatable bonds is 9. The van der Waals surface area contributed by atoms with E-state index in [0.29, 0.717) is 30.3 Å². The standard InChI is InChI=1S/C28H34N2O7/c1-4-13-29(2)27(31)25(18-5-6-18)30-15-21(19-9-12-22-23(14-19)36-16-35-22)26(37-28(32)33)24(30)17-7-10-20(34-3)11-8-17/h7-12,14,18,21,24-26H,4-6,13,15-16H2,1-3H3,(H,32,33)/t21-,24-,25?,26+/m1/s1. The van der Waals surface area contributed by atoms with Crippen molar-refractivity contribution in [2.45, 2.75) is 50.3 Å². The number of carbonyl (C=O) groups is 2. The monoisotopic (exact) mass is 510 g/mol. The number of fused-ring (bicyclic) bond motifs is 1. The van der Waals surface area contributed by atoms with Crippen LogP contribution in [0.5, 0.6) is 17.2 Å². The number of likely N-dealkylation sites (N-methyl/N-ethyl adjacent to an activating group) is 1. The fraction of sp³-hybridized carbons (Fsp3) is 0.500. The summed E-state index contributed by atoms with van der Waals surface area (Å²) < 4.78 is 22.1. The maximum Gasteiger partial charge on any atom is 0.506 e. The van der Waals surface area contributed by atoms with Gasteiger partial charge in [0.05, 0.1) is 19.2 Å². The number of likely N-dealkylation sites (tertiary alicyclic amines) is 1. The van der Waals surface area contributed by atoms with E-state index >= 15 is 0 Å². The average molecular weight is 511 g/mol. The lowest BCUT2D eigenvalue weighted by Gasteiger charge is -2.36. The van der Waals surface area contributed by atoms with E-state index < -0.39 is 18.3 Å². The largest absolute Gasteiger partial charge is 0.506 e. The first kappa shape index (κ1) is 25.2. The van der Waals surface area contributed by atoms with Gasteiger partial charge < -0.3 is 29.0 Å². The molecule has 1 saturated heterocycles. The molecule has 2 aromatic carbocycles. The van der Waals surface area contributed by atoms with Crippen molar-refractivity contribution in [3.63, 3.8) is 0 Å². The third kappa shape index (κ3) is 5.05. The third-order valence-electron chi connectivity index (χ3n) is 7.61. The summed E-state index contributed by atoms with van der Waals surface area (Å²) in [7, 11) is 3.45. The number of ether oxygens (including phenoxy) is 4. The van der Waals surface area contributed by atoms with Gasteiger partial charge in [0.25, 0.3) is 0 Å². The minimum absolute atomic E-state index is 0.0725. The molecule has 2 fully saturated rings. The second-order valence-electron chi connectivity index (χ2n) is 10.0. The fourth-order valence-corrected chi connectivity index (χ4v) is 5.72. The Labute approximate surface area is 216 Å². The predicted octanol–water partition coefficient (Wildman–Crippen LogP) is 4.27. The van der Waals surface area contributed by atoms with Crippen LogP contribution in [-0.4, -0.2) is 73.2 Å². The van der Waals surface area contributed by atoms with Crippen LogP contribution in [0.15, 0.2) is 42.5 Å². The molecular formula is C28H34N2O7. The SMILES string of the molecule is CCCN(C)C(=O)C(C1CC1)N1C[C@H](c2ccc3c(c2)OCO3)[C@H](OC(=O)O)[C@H]1c1ccc(OC)cc1. The Morgan fingerprint density at radius 3 is 2.46 bits per heavy atom. The molecule has 2 heterocycles. The van der Waals surface area contributed by atoms with E-state index in [-0.39, 0.29) is 30.6 Å². The van der Waals surface area contributed by atoms with E-state index in [1.54, 1.807) is 12.0 Å². The zero-order chi connectivity index (χ0) is 26.1. The van der Waals surface area contributed by atoms with E-state index in [1.807, 2.05) is 49.5 Å². The van der Waals surface area contributed by atoms with Gasteiger partial charge in [0.15, 0.2) is 11.5 Å². The Morgan fingerprint density at radius 2 is 1.81 bits per heavy atom. The van der Waals surface area contributed by atoms with Crippen molar-refractivity contribution in [1.29, 1.82) is 0 Å². The minimum atomic E-state index is -1.34. The van der Waals surface area contributed by atoms with Crippen LogP contribution in [0.3, 0.4) is 0 Å². The maximum atomic E-state index is 13.8. The van der Waals surface area contributed by atoms with Gasteiger partial charge in [-0.15, -0.1) is 0 Å². The van der Waals surface area contributed by atoms with Crippen molar-refractivity contribution in [2.75, 3.05) is 34.0 Å². The smallest absolute Gasteiger partial charge is 0.497 e. The van der Waals surface area contributed by atoms with E-state index in [1.165, 1.54) is 0 Å². The molecule has 1 saturated carbocycles. The molecule has 37 heavy (non-hydrogen) atoms. The molecule has 1 unspecified atom stereocenters. The van der Waals surface area contributed by atoms with Crippen molar-refractivity contribution < 1.29 is 33.6 Å². The number of carbonyl (C=O) groups excluding carboxylic acids is 1. The predicted molar refractivity (Wildman–Crippen MR) is 135 cm³/mol. The molecule has 0 aromatic heterocycles. The molecule has 1 N–H and O–H groups in total. The van der Waals surface area contributed by atoms with Crippen molar-refractivity contribution >= 4 is 12.1 Å². The molecule has 4 atom stereocenters. The molecule has 9 nitrogen and oxygen atoms in total. The first-order chi connectivity index (χ1) is 17.9. The van der Waals surface area contributed by atoms with Crippen LogP contribution in [0, 0.1) is 5.92 Å². The number of nitrogens with zero attached hydrogens (tertiary/aromatic N) is 2. The fourth-order valence-electron chi connectivity index (χ4n) is 5.72. The lowest BCUT2D eigenvalue weighted by molar-refractivity contribution is -0.137. The molecule has 1 aliphatic carbocycles. The minimum Gasteiger partial charge on any atom is -0.497 e.